The SMILES string of the molecule is CONCc1cc(C)c(C)cc1N(C)C. The smallest absolute Gasteiger partial charge is 0.0572 e. The molecule has 0 bridgehead atoms. The summed E-state index contributed by atoms with van der Waals surface area (Å²) >= 11 is 0. The van der Waals surface area contributed by atoms with Crippen LogP contribution in [-0.2, 0) is 11.4 Å². The molecule has 1 N–H and O–H groups in total. The number of hydroxylamine groups is 1. The van der Waals surface area contributed by atoms with Gasteiger partial charge in [0.15, 0.2) is 0 Å². The van der Waals surface area contributed by atoms with Crippen LogP contribution in [0.3, 0.4) is 0 Å². The quantitative estimate of drug-likeness (QED) is 0.766. The van der Waals surface area contributed by atoms with E-state index >= 15 is 0 Å². The molecule has 0 spiro atoms. The number of hydrogen-bond donors (Lipinski definition) is 1. The molecule has 0 fully saturated rings. The van der Waals surface area contributed by atoms with Gasteiger partial charge in [-0.1, -0.05) is 6.07 Å². The molecule has 0 saturated heterocycles. The van der Waals surface area contributed by atoms with Crippen LogP contribution >= 0.6 is 0 Å². The van der Waals surface area contributed by atoms with E-state index in [4.69, 9.17) is 4.84 Å². The van der Waals surface area contributed by atoms with Crippen molar-refractivity contribution in [3.8, 4) is 0 Å². The first-order valence-corrected chi connectivity index (χ1v) is 5.09. The van der Waals surface area contributed by atoms with Crippen molar-refractivity contribution >= 4 is 5.69 Å². The lowest BCUT2D eigenvalue weighted by molar-refractivity contribution is 0.0868. The fourth-order valence-corrected chi connectivity index (χ4v) is 1.57. The van der Waals surface area contributed by atoms with Crippen molar-refractivity contribution in [1.29, 1.82) is 0 Å². The van der Waals surface area contributed by atoms with E-state index in [-0.39, 0.29) is 0 Å². The molecule has 0 aromatic heterocycles. The minimum atomic E-state index is 0.727. The Balaban J connectivity index is 3.04. The van der Waals surface area contributed by atoms with Crippen molar-refractivity contribution < 1.29 is 4.84 Å². The number of nitrogens with one attached hydrogen (secondary N) is 1. The normalized spacial score (nSPS) is 10.5. The van der Waals surface area contributed by atoms with Crippen LogP contribution in [0.1, 0.15) is 16.7 Å². The van der Waals surface area contributed by atoms with Crippen molar-refractivity contribution in [2.75, 3.05) is 26.1 Å². The Labute approximate surface area is 92.0 Å². The molecular weight excluding hydrogens is 188 g/mol. The van der Waals surface area contributed by atoms with E-state index < -0.39 is 0 Å². The second-order valence-electron chi connectivity index (χ2n) is 3.98. The van der Waals surface area contributed by atoms with Gasteiger partial charge in [-0.2, -0.15) is 5.48 Å². The maximum absolute atomic E-state index is 4.88. The number of hydrogen-bond acceptors (Lipinski definition) is 3. The van der Waals surface area contributed by atoms with Crippen LogP contribution in [0.5, 0.6) is 0 Å². The third-order valence-electron chi connectivity index (χ3n) is 2.58. The summed E-state index contributed by atoms with van der Waals surface area (Å²) in [4.78, 5) is 7.01. The molecular formula is C12H20N2O. The molecule has 0 atom stereocenters. The van der Waals surface area contributed by atoms with Crippen molar-refractivity contribution in [1.82, 2.24) is 5.48 Å². The molecule has 0 aliphatic carbocycles. The van der Waals surface area contributed by atoms with Gasteiger partial charge in [0.2, 0.25) is 0 Å². The first kappa shape index (κ1) is 12.0. The average Bonchev–Trinajstić information content (AvgIpc) is 2.19. The zero-order valence-electron chi connectivity index (χ0n) is 10.2. The molecule has 0 amide bonds. The van der Waals surface area contributed by atoms with Crippen LogP contribution < -0.4 is 10.4 Å². The Morgan fingerprint density at radius 3 is 2.33 bits per heavy atom. The summed E-state index contributed by atoms with van der Waals surface area (Å²) in [7, 11) is 5.75. The first-order valence-electron chi connectivity index (χ1n) is 5.09. The minimum absolute atomic E-state index is 0.727. The van der Waals surface area contributed by atoms with Crippen LogP contribution in [0.2, 0.25) is 0 Å². The highest BCUT2D eigenvalue weighted by atomic mass is 16.6. The van der Waals surface area contributed by atoms with Gasteiger partial charge >= 0.3 is 0 Å². The monoisotopic (exact) mass is 208 g/mol. The molecule has 15 heavy (non-hydrogen) atoms. The average molecular weight is 208 g/mol. The van der Waals surface area contributed by atoms with Gasteiger partial charge in [0.05, 0.1) is 7.11 Å². The van der Waals surface area contributed by atoms with Gasteiger partial charge < -0.3 is 9.74 Å². The van der Waals surface area contributed by atoms with Crippen LogP contribution in [0.4, 0.5) is 5.69 Å². The molecule has 1 rings (SSSR count). The highest BCUT2D eigenvalue weighted by Crippen LogP contribution is 2.23. The van der Waals surface area contributed by atoms with Crippen molar-refractivity contribution in [3.63, 3.8) is 0 Å². The van der Waals surface area contributed by atoms with Gasteiger partial charge in [-0.05, 0) is 36.6 Å². The van der Waals surface area contributed by atoms with E-state index in [9.17, 15) is 0 Å². The third kappa shape index (κ3) is 2.94. The number of anilines is 1. The highest BCUT2D eigenvalue weighted by molar-refractivity contribution is 5.56. The summed E-state index contributed by atoms with van der Waals surface area (Å²) in [5.74, 6) is 0. The summed E-state index contributed by atoms with van der Waals surface area (Å²) in [6.07, 6.45) is 0. The number of rotatable bonds is 4. The Bertz CT molecular complexity index is 335. The molecule has 0 unspecified atom stereocenters. The summed E-state index contributed by atoms with van der Waals surface area (Å²) < 4.78 is 0. The molecule has 0 heterocycles. The molecule has 3 heteroatoms. The Morgan fingerprint density at radius 1 is 1.20 bits per heavy atom. The predicted molar refractivity (Wildman–Crippen MR) is 64.1 cm³/mol. The summed E-state index contributed by atoms with van der Waals surface area (Å²) in [5.41, 5.74) is 8.01. The molecule has 1 aromatic carbocycles. The van der Waals surface area contributed by atoms with Gasteiger partial charge in [0, 0.05) is 26.3 Å². The van der Waals surface area contributed by atoms with E-state index in [1.807, 2.05) is 0 Å². The van der Waals surface area contributed by atoms with Crippen LogP contribution in [-0.4, -0.2) is 21.2 Å². The summed E-state index contributed by atoms with van der Waals surface area (Å²) in [6, 6.07) is 4.42. The molecule has 0 aliphatic rings. The first-order chi connectivity index (χ1) is 7.06. The summed E-state index contributed by atoms with van der Waals surface area (Å²) in [6.45, 7) is 4.99. The summed E-state index contributed by atoms with van der Waals surface area (Å²) in [5, 5.41) is 0. The zero-order valence-corrected chi connectivity index (χ0v) is 10.2. The molecule has 0 saturated carbocycles. The molecule has 3 nitrogen and oxygen atoms in total. The topological polar surface area (TPSA) is 24.5 Å². The second kappa shape index (κ2) is 5.14. The van der Waals surface area contributed by atoms with Gasteiger partial charge in [0.25, 0.3) is 0 Å². The van der Waals surface area contributed by atoms with Gasteiger partial charge in [-0.25, -0.2) is 0 Å². The van der Waals surface area contributed by atoms with Crippen LogP contribution in [0.25, 0.3) is 0 Å². The maximum atomic E-state index is 4.88. The standard InChI is InChI=1S/C12H20N2O/c1-9-6-11(8-13-15-5)12(14(3)4)7-10(9)2/h6-7,13H,8H2,1-5H3. The van der Waals surface area contributed by atoms with E-state index in [1.165, 1.54) is 22.4 Å². The van der Waals surface area contributed by atoms with Crippen molar-refractivity contribution in [2.45, 2.75) is 20.4 Å². The molecule has 0 radical (unpaired) electrons. The van der Waals surface area contributed by atoms with Gasteiger partial charge in [-0.3, -0.25) is 0 Å². The third-order valence-corrected chi connectivity index (χ3v) is 2.58. The van der Waals surface area contributed by atoms with Crippen LogP contribution in [0.15, 0.2) is 12.1 Å². The minimum Gasteiger partial charge on any atom is -0.377 e. The largest absolute Gasteiger partial charge is 0.377 e. The van der Waals surface area contributed by atoms with Crippen LogP contribution in [0, 0.1) is 13.8 Å². The predicted octanol–water partition coefficient (Wildman–Crippen LogP) is 2.02. The molecule has 84 valence electrons. The fraction of sp³-hybridized carbons (Fsp3) is 0.500. The van der Waals surface area contributed by atoms with Gasteiger partial charge in [-0.15, -0.1) is 0 Å². The van der Waals surface area contributed by atoms with E-state index in [1.54, 1.807) is 7.11 Å². The van der Waals surface area contributed by atoms with Gasteiger partial charge in [0.1, 0.15) is 0 Å². The number of nitrogens with zero attached hydrogens (tertiary/aromatic N) is 1. The lowest BCUT2D eigenvalue weighted by atomic mass is 10.0. The highest BCUT2D eigenvalue weighted by Gasteiger charge is 2.06. The number of aryl methyl sites for hydroxylation is 2. The van der Waals surface area contributed by atoms with E-state index in [2.05, 4.69) is 50.5 Å². The Hall–Kier alpha value is -1.06. The van der Waals surface area contributed by atoms with Crippen molar-refractivity contribution in [2.24, 2.45) is 0 Å². The lowest BCUT2D eigenvalue weighted by Crippen LogP contribution is -2.17. The lowest BCUT2D eigenvalue weighted by Gasteiger charge is -2.19. The molecule has 1 aromatic rings. The Kier molecular flexibility index (Phi) is 4.12. The maximum Gasteiger partial charge on any atom is 0.0572 e. The second-order valence-corrected chi connectivity index (χ2v) is 3.98. The van der Waals surface area contributed by atoms with Crippen molar-refractivity contribution in [3.05, 3.63) is 28.8 Å². The molecule has 0 aliphatic heterocycles. The Morgan fingerprint density at radius 2 is 1.80 bits per heavy atom. The van der Waals surface area contributed by atoms with E-state index in [0.717, 1.165) is 6.54 Å². The number of benzene rings is 1. The fourth-order valence-electron chi connectivity index (χ4n) is 1.57. The van der Waals surface area contributed by atoms with E-state index in [0.29, 0.717) is 0 Å². The zero-order chi connectivity index (χ0) is 11.4.